The van der Waals surface area contributed by atoms with Crippen molar-refractivity contribution in [2.24, 2.45) is 5.92 Å². The number of piperidine rings is 1. The molecule has 2 atom stereocenters. The van der Waals surface area contributed by atoms with Gasteiger partial charge in [0.05, 0.1) is 11.8 Å². The van der Waals surface area contributed by atoms with Crippen molar-refractivity contribution < 1.29 is 4.79 Å². The smallest absolute Gasteiger partial charge is 0.256 e. The second-order valence-electron chi connectivity index (χ2n) is 6.58. The first-order chi connectivity index (χ1) is 12.3. The number of fused-ring (bicyclic) bond motifs is 4. The number of carbonyl (C=O) groups excluding carboxylic acids is 1. The third kappa shape index (κ3) is 3.20. The van der Waals surface area contributed by atoms with Crippen LogP contribution in [0.5, 0.6) is 0 Å². The van der Waals surface area contributed by atoms with E-state index in [0.29, 0.717) is 11.5 Å². The standard InChI is InChI=1S/C18H21N5OS/c1-25-17-15(3-2-6-21-17)18(24)23-11-13-4-5-14(23)12-22(10-13)16-9-19-7-8-20-16/h2-3,6-9,13-14H,4-5,10-12H2,1H3. The minimum absolute atomic E-state index is 0.105. The molecule has 3 aliphatic heterocycles. The van der Waals surface area contributed by atoms with Crippen LogP contribution in [0.4, 0.5) is 5.82 Å². The van der Waals surface area contributed by atoms with Crippen LogP contribution in [0.3, 0.4) is 0 Å². The summed E-state index contributed by atoms with van der Waals surface area (Å²) in [5.74, 6) is 1.48. The molecule has 2 aromatic heterocycles. The van der Waals surface area contributed by atoms with Gasteiger partial charge in [-0.15, -0.1) is 11.8 Å². The summed E-state index contributed by atoms with van der Waals surface area (Å²) in [6.07, 6.45) is 11.1. The number of hydrogen-bond acceptors (Lipinski definition) is 6. The van der Waals surface area contributed by atoms with E-state index in [-0.39, 0.29) is 11.9 Å². The maximum atomic E-state index is 13.2. The quantitative estimate of drug-likeness (QED) is 0.788. The molecule has 0 radical (unpaired) electrons. The highest BCUT2D eigenvalue weighted by Gasteiger charge is 2.38. The number of amides is 1. The average Bonchev–Trinajstić information content (AvgIpc) is 3.00. The van der Waals surface area contributed by atoms with Crippen LogP contribution in [0.25, 0.3) is 0 Å². The first-order valence-electron chi connectivity index (χ1n) is 8.57. The summed E-state index contributed by atoms with van der Waals surface area (Å²) in [6, 6.07) is 3.94. The molecular weight excluding hydrogens is 334 g/mol. The molecule has 3 fully saturated rings. The van der Waals surface area contributed by atoms with Crippen LogP contribution in [0.2, 0.25) is 0 Å². The number of hydrogen-bond donors (Lipinski definition) is 0. The lowest BCUT2D eigenvalue weighted by Gasteiger charge is -2.36. The van der Waals surface area contributed by atoms with Gasteiger partial charge >= 0.3 is 0 Å². The summed E-state index contributed by atoms with van der Waals surface area (Å²) < 4.78 is 0. The van der Waals surface area contributed by atoms with Crippen LogP contribution in [0.1, 0.15) is 23.2 Å². The summed E-state index contributed by atoms with van der Waals surface area (Å²) >= 11 is 1.52. The van der Waals surface area contributed by atoms with E-state index in [1.165, 1.54) is 11.8 Å². The van der Waals surface area contributed by atoms with Crippen LogP contribution in [0, 0.1) is 5.92 Å². The molecule has 0 N–H and O–H groups in total. The maximum absolute atomic E-state index is 13.2. The van der Waals surface area contributed by atoms with Crippen molar-refractivity contribution in [1.29, 1.82) is 0 Å². The van der Waals surface area contributed by atoms with Crippen LogP contribution >= 0.6 is 11.8 Å². The molecule has 3 aliphatic rings. The first-order valence-corrected chi connectivity index (χ1v) is 9.79. The molecule has 1 amide bonds. The van der Waals surface area contributed by atoms with Gasteiger partial charge in [0.2, 0.25) is 0 Å². The van der Waals surface area contributed by atoms with Gasteiger partial charge in [-0.25, -0.2) is 9.97 Å². The number of nitrogens with zero attached hydrogens (tertiary/aromatic N) is 5. The summed E-state index contributed by atoms with van der Waals surface area (Å²) in [5.41, 5.74) is 0.716. The van der Waals surface area contributed by atoms with Crippen molar-refractivity contribution in [2.45, 2.75) is 23.9 Å². The molecule has 5 heterocycles. The van der Waals surface area contributed by atoms with Crippen molar-refractivity contribution in [3.05, 3.63) is 42.5 Å². The van der Waals surface area contributed by atoms with Crippen molar-refractivity contribution >= 4 is 23.5 Å². The van der Waals surface area contributed by atoms with E-state index in [1.807, 2.05) is 24.6 Å². The zero-order valence-electron chi connectivity index (χ0n) is 14.2. The minimum Gasteiger partial charge on any atom is -0.353 e. The van der Waals surface area contributed by atoms with Gasteiger partial charge in [0.1, 0.15) is 10.8 Å². The Bertz CT molecular complexity index is 756. The predicted octanol–water partition coefficient (Wildman–Crippen LogP) is 2.33. The Morgan fingerprint density at radius 3 is 2.88 bits per heavy atom. The summed E-state index contributed by atoms with van der Waals surface area (Å²) in [4.78, 5) is 30.5. The van der Waals surface area contributed by atoms with Crippen molar-refractivity contribution in [1.82, 2.24) is 19.9 Å². The second-order valence-corrected chi connectivity index (χ2v) is 7.38. The first kappa shape index (κ1) is 16.3. The summed E-state index contributed by atoms with van der Waals surface area (Å²) in [6.45, 7) is 2.56. The SMILES string of the molecule is CSc1ncccc1C(=O)N1CC2CCC1CN(c1cnccn1)C2. The van der Waals surface area contributed by atoms with Crippen molar-refractivity contribution in [3.8, 4) is 0 Å². The number of carbonyl (C=O) groups is 1. The number of thioether (sulfide) groups is 1. The topological polar surface area (TPSA) is 62.2 Å². The molecule has 0 spiro atoms. The van der Waals surface area contributed by atoms with Crippen molar-refractivity contribution in [3.63, 3.8) is 0 Å². The lowest BCUT2D eigenvalue weighted by molar-refractivity contribution is 0.0587. The average molecular weight is 355 g/mol. The molecule has 25 heavy (non-hydrogen) atoms. The normalized spacial score (nSPS) is 22.8. The molecule has 5 rings (SSSR count). The van der Waals surface area contributed by atoms with E-state index in [4.69, 9.17) is 0 Å². The predicted molar refractivity (Wildman–Crippen MR) is 97.8 cm³/mol. The van der Waals surface area contributed by atoms with Gasteiger partial charge in [0.25, 0.3) is 5.91 Å². The van der Waals surface area contributed by atoms with Crippen LogP contribution < -0.4 is 4.90 Å². The summed E-state index contributed by atoms with van der Waals surface area (Å²) in [5, 5.41) is 0.804. The van der Waals surface area contributed by atoms with Gasteiger partial charge in [0.15, 0.2) is 0 Å². The fraction of sp³-hybridized carbons (Fsp3) is 0.444. The highest BCUT2D eigenvalue weighted by Crippen LogP contribution is 2.31. The molecule has 2 bridgehead atoms. The maximum Gasteiger partial charge on any atom is 0.256 e. The molecule has 2 aromatic rings. The Hall–Kier alpha value is -2.15. The van der Waals surface area contributed by atoms with E-state index in [2.05, 4.69) is 24.8 Å². The number of aromatic nitrogens is 3. The van der Waals surface area contributed by atoms with Crippen LogP contribution in [0.15, 0.2) is 41.9 Å². The van der Waals surface area contributed by atoms with Crippen LogP contribution in [-0.2, 0) is 0 Å². The van der Waals surface area contributed by atoms with E-state index >= 15 is 0 Å². The Kier molecular flexibility index (Phi) is 4.57. The Morgan fingerprint density at radius 2 is 2.08 bits per heavy atom. The molecular formula is C18H21N5OS. The molecule has 0 saturated carbocycles. The molecule has 130 valence electrons. The lowest BCUT2D eigenvalue weighted by Crippen LogP contribution is -2.47. The monoisotopic (exact) mass is 355 g/mol. The minimum atomic E-state index is 0.105. The Labute approximate surface area is 151 Å². The molecule has 0 aromatic carbocycles. The molecule has 3 saturated heterocycles. The fourth-order valence-electron chi connectivity index (χ4n) is 3.84. The second kappa shape index (κ2) is 7.00. The highest BCUT2D eigenvalue weighted by molar-refractivity contribution is 7.98. The fourth-order valence-corrected chi connectivity index (χ4v) is 4.38. The molecule has 0 aliphatic carbocycles. The third-order valence-corrected chi connectivity index (χ3v) is 5.75. The van der Waals surface area contributed by atoms with Gasteiger partial charge < -0.3 is 9.80 Å². The number of pyridine rings is 1. The zero-order valence-corrected chi connectivity index (χ0v) is 15.0. The number of anilines is 1. The molecule has 2 unspecified atom stereocenters. The third-order valence-electron chi connectivity index (χ3n) is 5.04. The lowest BCUT2D eigenvalue weighted by atomic mass is 9.94. The van der Waals surface area contributed by atoms with Crippen molar-refractivity contribution in [2.75, 3.05) is 30.8 Å². The van der Waals surface area contributed by atoms with E-state index in [0.717, 1.165) is 43.3 Å². The van der Waals surface area contributed by atoms with Gasteiger partial charge in [0, 0.05) is 44.3 Å². The number of rotatable bonds is 3. The largest absolute Gasteiger partial charge is 0.353 e. The van der Waals surface area contributed by atoms with Crippen LogP contribution in [-0.4, -0.2) is 57.7 Å². The molecule has 6 nitrogen and oxygen atoms in total. The molecule has 7 heteroatoms. The van der Waals surface area contributed by atoms with E-state index in [9.17, 15) is 4.79 Å². The van der Waals surface area contributed by atoms with E-state index in [1.54, 1.807) is 18.6 Å². The Morgan fingerprint density at radius 1 is 1.16 bits per heavy atom. The summed E-state index contributed by atoms with van der Waals surface area (Å²) in [7, 11) is 0. The van der Waals surface area contributed by atoms with E-state index < -0.39 is 0 Å². The highest BCUT2D eigenvalue weighted by atomic mass is 32.2. The zero-order chi connectivity index (χ0) is 17.2. The van der Waals surface area contributed by atoms with Gasteiger partial charge in [-0.3, -0.25) is 9.78 Å². The van der Waals surface area contributed by atoms with Gasteiger partial charge in [-0.2, -0.15) is 0 Å². The van der Waals surface area contributed by atoms with Gasteiger partial charge in [-0.1, -0.05) is 0 Å². The van der Waals surface area contributed by atoms with Gasteiger partial charge in [-0.05, 0) is 37.1 Å². The Balaban J connectivity index is 1.59.